The first-order valence-electron chi connectivity index (χ1n) is 10.6. The van der Waals surface area contributed by atoms with Gasteiger partial charge in [-0.15, -0.1) is 0 Å². The average Bonchev–Trinajstić information content (AvgIpc) is 2.72. The minimum absolute atomic E-state index is 0.123. The fourth-order valence-corrected chi connectivity index (χ4v) is 4.64. The van der Waals surface area contributed by atoms with Gasteiger partial charge in [0.1, 0.15) is 18.0 Å². The predicted molar refractivity (Wildman–Crippen MR) is 108 cm³/mol. The molecule has 0 bridgehead atoms. The summed E-state index contributed by atoms with van der Waals surface area (Å²) in [5, 5.41) is 0. The Hall–Kier alpha value is -2.54. The molecule has 0 unspecified atom stereocenters. The van der Waals surface area contributed by atoms with Gasteiger partial charge in [0.25, 0.3) is 5.91 Å². The number of halogens is 1. The topological polar surface area (TPSA) is 52.6 Å². The third-order valence-electron chi connectivity index (χ3n) is 6.58. The molecule has 0 atom stereocenters. The van der Waals surface area contributed by atoms with Gasteiger partial charge < -0.3 is 9.80 Å². The van der Waals surface area contributed by atoms with Gasteiger partial charge in [0.2, 0.25) is 0 Å². The molecule has 0 radical (unpaired) electrons. The van der Waals surface area contributed by atoms with Gasteiger partial charge in [0.15, 0.2) is 0 Å². The molecule has 7 heteroatoms. The normalized spacial score (nSPS) is 20.3. The molecule has 2 fully saturated rings. The van der Waals surface area contributed by atoms with E-state index in [1.54, 1.807) is 29.4 Å². The van der Waals surface area contributed by atoms with Gasteiger partial charge in [-0.05, 0) is 31.4 Å². The van der Waals surface area contributed by atoms with Crippen LogP contribution in [0.4, 0.5) is 10.2 Å². The quantitative estimate of drug-likeness (QED) is 0.799. The van der Waals surface area contributed by atoms with Crippen LogP contribution in [0.15, 0.2) is 30.6 Å². The van der Waals surface area contributed by atoms with Crippen molar-refractivity contribution < 1.29 is 9.18 Å². The van der Waals surface area contributed by atoms with Crippen molar-refractivity contribution in [3.8, 4) is 0 Å². The van der Waals surface area contributed by atoms with Crippen LogP contribution in [0.2, 0.25) is 0 Å². The summed E-state index contributed by atoms with van der Waals surface area (Å²) in [5.41, 5.74) is 2.15. The van der Waals surface area contributed by atoms with Crippen molar-refractivity contribution in [2.24, 2.45) is 0 Å². The Morgan fingerprint density at radius 1 is 1.03 bits per heavy atom. The smallest absolute Gasteiger partial charge is 0.257 e. The van der Waals surface area contributed by atoms with E-state index >= 15 is 0 Å². The molecule has 1 aliphatic carbocycles. The van der Waals surface area contributed by atoms with E-state index in [-0.39, 0.29) is 11.5 Å². The van der Waals surface area contributed by atoms with E-state index < -0.39 is 5.82 Å². The lowest BCUT2D eigenvalue weighted by atomic mass is 9.91. The molecule has 6 nitrogen and oxygen atoms in total. The van der Waals surface area contributed by atoms with Crippen molar-refractivity contribution in [1.82, 2.24) is 19.8 Å². The highest BCUT2D eigenvalue weighted by atomic mass is 19.1. The zero-order valence-electron chi connectivity index (χ0n) is 16.6. The van der Waals surface area contributed by atoms with Crippen LogP contribution >= 0.6 is 0 Å². The summed E-state index contributed by atoms with van der Waals surface area (Å²) < 4.78 is 14.0. The number of carbonyl (C=O) groups is 1. The van der Waals surface area contributed by atoms with Crippen molar-refractivity contribution in [3.63, 3.8) is 0 Å². The summed E-state index contributed by atoms with van der Waals surface area (Å²) >= 11 is 0. The maximum atomic E-state index is 14.0. The lowest BCUT2D eigenvalue weighted by Gasteiger charge is -2.43. The molecular weight excluding hydrogens is 369 g/mol. The maximum absolute atomic E-state index is 14.0. The Labute approximate surface area is 170 Å². The Bertz CT molecular complexity index is 908. The number of rotatable bonds is 3. The number of piperazine rings is 1. The van der Waals surface area contributed by atoms with Crippen molar-refractivity contribution in [3.05, 3.63) is 53.2 Å². The number of amides is 1. The number of carbonyl (C=O) groups excluding carboxylic acids is 1. The molecule has 2 aromatic rings. The maximum Gasteiger partial charge on any atom is 0.257 e. The first-order chi connectivity index (χ1) is 14.2. The molecule has 2 aliphatic heterocycles. The first kappa shape index (κ1) is 18.5. The van der Waals surface area contributed by atoms with Crippen molar-refractivity contribution >= 4 is 11.7 Å². The molecule has 3 aliphatic rings. The molecule has 1 amide bonds. The van der Waals surface area contributed by atoms with Crippen LogP contribution in [0.3, 0.4) is 0 Å². The lowest BCUT2D eigenvalue weighted by molar-refractivity contribution is 0.0727. The summed E-state index contributed by atoms with van der Waals surface area (Å²) in [4.78, 5) is 28.5. The SMILES string of the molecule is O=C(c1ccccc1F)N1CCc2c(ncnc2N2CCN(C3CCC3)CC2)C1. The summed E-state index contributed by atoms with van der Waals surface area (Å²) in [6.07, 6.45) is 6.36. The zero-order valence-corrected chi connectivity index (χ0v) is 16.6. The largest absolute Gasteiger partial charge is 0.354 e. The van der Waals surface area contributed by atoms with E-state index in [0.717, 1.165) is 49.3 Å². The average molecular weight is 395 g/mol. The Morgan fingerprint density at radius 3 is 2.55 bits per heavy atom. The van der Waals surface area contributed by atoms with Gasteiger partial charge in [0, 0.05) is 44.3 Å². The first-order valence-corrected chi connectivity index (χ1v) is 10.6. The van der Waals surface area contributed by atoms with E-state index in [1.165, 1.54) is 25.3 Å². The zero-order chi connectivity index (χ0) is 19.8. The highest BCUT2D eigenvalue weighted by Gasteiger charge is 2.31. The molecule has 5 rings (SSSR count). The summed E-state index contributed by atoms with van der Waals surface area (Å²) in [5.74, 6) is 0.264. The van der Waals surface area contributed by atoms with Gasteiger partial charge in [-0.2, -0.15) is 0 Å². The van der Waals surface area contributed by atoms with Crippen LogP contribution in [0.25, 0.3) is 0 Å². The molecule has 1 aromatic carbocycles. The summed E-state index contributed by atoms with van der Waals surface area (Å²) in [7, 11) is 0. The van der Waals surface area contributed by atoms with Crippen LogP contribution in [-0.4, -0.2) is 64.4 Å². The highest BCUT2D eigenvalue weighted by molar-refractivity contribution is 5.94. The lowest BCUT2D eigenvalue weighted by Crippen LogP contribution is -2.52. The van der Waals surface area contributed by atoms with E-state index in [2.05, 4.69) is 19.8 Å². The van der Waals surface area contributed by atoms with E-state index in [9.17, 15) is 9.18 Å². The molecule has 1 aromatic heterocycles. The van der Waals surface area contributed by atoms with Gasteiger partial charge in [-0.25, -0.2) is 14.4 Å². The molecule has 0 N–H and O–H groups in total. The van der Waals surface area contributed by atoms with Gasteiger partial charge in [-0.3, -0.25) is 9.69 Å². The van der Waals surface area contributed by atoms with Gasteiger partial charge >= 0.3 is 0 Å². The van der Waals surface area contributed by atoms with Crippen molar-refractivity contribution in [2.75, 3.05) is 37.6 Å². The van der Waals surface area contributed by atoms with Crippen LogP contribution in [0.1, 0.15) is 40.9 Å². The molecule has 1 saturated carbocycles. The van der Waals surface area contributed by atoms with Gasteiger partial charge in [0.05, 0.1) is 17.8 Å². The van der Waals surface area contributed by atoms with Crippen LogP contribution in [-0.2, 0) is 13.0 Å². The Kier molecular flexibility index (Phi) is 4.91. The van der Waals surface area contributed by atoms with Crippen LogP contribution in [0.5, 0.6) is 0 Å². The predicted octanol–water partition coefficient (Wildman–Crippen LogP) is 2.49. The fraction of sp³-hybridized carbons (Fsp3) is 0.500. The van der Waals surface area contributed by atoms with Crippen LogP contribution < -0.4 is 4.90 Å². The number of aromatic nitrogens is 2. The fourth-order valence-electron chi connectivity index (χ4n) is 4.64. The second-order valence-corrected chi connectivity index (χ2v) is 8.19. The molecule has 0 spiro atoms. The van der Waals surface area contributed by atoms with Crippen molar-refractivity contribution in [2.45, 2.75) is 38.3 Å². The molecule has 3 heterocycles. The number of nitrogens with zero attached hydrogens (tertiary/aromatic N) is 5. The summed E-state index contributed by atoms with van der Waals surface area (Å²) in [6.45, 7) is 5.10. The van der Waals surface area contributed by atoms with Crippen LogP contribution in [0, 0.1) is 5.82 Å². The number of hydrogen-bond acceptors (Lipinski definition) is 5. The minimum atomic E-state index is -0.476. The second-order valence-electron chi connectivity index (χ2n) is 8.19. The monoisotopic (exact) mass is 395 g/mol. The van der Waals surface area contributed by atoms with Crippen molar-refractivity contribution in [1.29, 1.82) is 0 Å². The molecule has 29 heavy (non-hydrogen) atoms. The Balaban J connectivity index is 1.30. The summed E-state index contributed by atoms with van der Waals surface area (Å²) in [6, 6.07) is 6.95. The molecule has 1 saturated heterocycles. The minimum Gasteiger partial charge on any atom is -0.354 e. The number of fused-ring (bicyclic) bond motifs is 1. The third kappa shape index (κ3) is 3.48. The number of anilines is 1. The Morgan fingerprint density at radius 2 is 1.83 bits per heavy atom. The number of hydrogen-bond donors (Lipinski definition) is 0. The second kappa shape index (κ2) is 7.71. The van der Waals surface area contributed by atoms with E-state index in [1.807, 2.05) is 0 Å². The third-order valence-corrected chi connectivity index (χ3v) is 6.58. The van der Waals surface area contributed by atoms with Gasteiger partial charge in [-0.1, -0.05) is 18.6 Å². The standard InChI is InChI=1S/C22H26FN5O/c23-19-7-2-1-6-17(19)22(29)28-9-8-18-20(14-28)24-15-25-21(18)27-12-10-26(11-13-27)16-4-3-5-16/h1-2,6-7,15-16H,3-5,8-14H2. The highest BCUT2D eigenvalue weighted by Crippen LogP contribution is 2.29. The van der Waals surface area contributed by atoms with E-state index in [0.29, 0.717) is 19.5 Å². The molecular formula is C22H26FN5O. The van der Waals surface area contributed by atoms with E-state index in [4.69, 9.17) is 0 Å². The number of benzene rings is 1. The molecule has 152 valence electrons.